The predicted octanol–water partition coefficient (Wildman–Crippen LogP) is 13.6. The van der Waals surface area contributed by atoms with Crippen molar-refractivity contribution in [3.8, 4) is 34.3 Å². The Morgan fingerprint density at radius 2 is 1.57 bits per heavy atom. The van der Waals surface area contributed by atoms with Crippen LogP contribution in [0.4, 0.5) is 0 Å². The Morgan fingerprint density at radius 1 is 0.725 bits per heavy atom. The molecular formula is C44H34N2OPtS3. The van der Waals surface area contributed by atoms with E-state index < -0.39 is 0 Å². The van der Waals surface area contributed by atoms with E-state index in [1.807, 2.05) is 76.5 Å². The number of aromatic nitrogens is 2. The maximum atomic E-state index is 6.53. The molecule has 0 aliphatic heterocycles. The first-order chi connectivity index (χ1) is 24.2. The maximum Gasteiger partial charge on any atom is 2.00 e. The van der Waals surface area contributed by atoms with Crippen LogP contribution in [0.1, 0.15) is 45.7 Å². The second-order valence-corrected chi connectivity index (χ2v) is 17.8. The summed E-state index contributed by atoms with van der Waals surface area (Å²) in [6, 6.07) is 41.0. The molecule has 0 amide bonds. The predicted molar refractivity (Wildman–Crippen MR) is 215 cm³/mol. The molecule has 51 heavy (non-hydrogen) atoms. The topological polar surface area (TPSA) is 35.0 Å². The Morgan fingerprint density at radius 3 is 2.37 bits per heavy atom. The molecule has 0 aliphatic rings. The van der Waals surface area contributed by atoms with Crippen LogP contribution in [0, 0.1) is 18.1 Å². The molecule has 0 bridgehead atoms. The zero-order chi connectivity index (χ0) is 34.1. The van der Waals surface area contributed by atoms with Gasteiger partial charge in [-0.15, -0.1) is 93.2 Å². The Bertz CT molecular complexity index is 2730. The van der Waals surface area contributed by atoms with E-state index in [1.54, 1.807) is 0 Å². The van der Waals surface area contributed by atoms with Crippen LogP contribution in [0.25, 0.3) is 72.3 Å². The molecule has 9 rings (SSSR count). The van der Waals surface area contributed by atoms with Gasteiger partial charge in [0.25, 0.3) is 0 Å². The third kappa shape index (κ3) is 6.21. The monoisotopic (exact) mass is 897 g/mol. The van der Waals surface area contributed by atoms with Crippen molar-refractivity contribution in [2.75, 3.05) is 0 Å². The first-order valence-electron chi connectivity index (χ1n) is 17.0. The minimum Gasteiger partial charge on any atom is -0.422 e. The van der Waals surface area contributed by atoms with Crippen LogP contribution in [0.15, 0.2) is 97.1 Å². The van der Waals surface area contributed by atoms with Crippen LogP contribution in [0.2, 0.25) is 0 Å². The fraction of sp³-hybridized carbons (Fsp3) is 0.182. The van der Waals surface area contributed by atoms with Gasteiger partial charge < -0.3 is 4.74 Å². The standard InChI is InChI=1S/C44H34N2OS3.Pt/c1-25(2)20-26-18-19-29-31-24-38(47-37-17-11-15-33(45-37)27-12-7-6-8-13-27)46-41(42(31)48-35(29)21-26)28-22-32(44(3,4)5)40-36(23-28)50-43-39(40)30-14-9-10-16-34(30)49-43;/h6-12,14-19,21-22,24-25H,20H2,1-5H3;/q-2;+2. The van der Waals surface area contributed by atoms with Gasteiger partial charge in [-0.1, -0.05) is 82.5 Å². The maximum absolute atomic E-state index is 6.53. The first kappa shape index (κ1) is 34.2. The van der Waals surface area contributed by atoms with E-state index in [0.717, 1.165) is 39.0 Å². The normalized spacial score (nSPS) is 12.1. The van der Waals surface area contributed by atoms with Crippen molar-refractivity contribution in [1.29, 1.82) is 0 Å². The first-order valence-corrected chi connectivity index (χ1v) is 19.4. The molecule has 7 heteroatoms. The van der Waals surface area contributed by atoms with Crippen LogP contribution in [0.5, 0.6) is 11.8 Å². The van der Waals surface area contributed by atoms with Gasteiger partial charge in [-0.2, -0.15) is 0 Å². The van der Waals surface area contributed by atoms with Crippen molar-refractivity contribution in [1.82, 2.24) is 9.97 Å². The Balaban J connectivity index is 0.00000374. The summed E-state index contributed by atoms with van der Waals surface area (Å²) in [5.41, 5.74) is 6.18. The summed E-state index contributed by atoms with van der Waals surface area (Å²) in [6.45, 7) is 11.5. The molecule has 3 nitrogen and oxygen atoms in total. The Kier molecular flexibility index (Phi) is 8.87. The molecule has 0 atom stereocenters. The van der Waals surface area contributed by atoms with Gasteiger partial charge >= 0.3 is 21.1 Å². The van der Waals surface area contributed by atoms with Gasteiger partial charge in [-0.25, -0.2) is 0 Å². The second kappa shape index (κ2) is 13.2. The number of hydrogen-bond acceptors (Lipinski definition) is 6. The summed E-state index contributed by atoms with van der Waals surface area (Å²) in [4.78, 5) is 10.1. The van der Waals surface area contributed by atoms with Crippen molar-refractivity contribution in [2.24, 2.45) is 5.92 Å². The fourth-order valence-corrected chi connectivity index (χ4v) is 10.8. The second-order valence-electron chi connectivity index (χ2n) is 14.4. The summed E-state index contributed by atoms with van der Waals surface area (Å²) in [5.74, 6) is 1.60. The molecule has 0 unspecified atom stereocenters. The van der Waals surface area contributed by atoms with Crippen LogP contribution in [-0.2, 0) is 32.9 Å². The number of fused-ring (bicyclic) bond motifs is 8. The van der Waals surface area contributed by atoms with E-state index in [2.05, 4.69) is 101 Å². The number of hydrogen-bond donors (Lipinski definition) is 0. The van der Waals surface area contributed by atoms with Gasteiger partial charge in [-0.05, 0) is 73.5 Å². The minimum atomic E-state index is -0.100. The molecule has 0 spiro atoms. The average molecular weight is 898 g/mol. The molecule has 0 fully saturated rings. The van der Waals surface area contributed by atoms with Gasteiger partial charge in [0.1, 0.15) is 0 Å². The molecule has 0 saturated heterocycles. The van der Waals surface area contributed by atoms with Crippen molar-refractivity contribution in [3.63, 3.8) is 0 Å². The zero-order valence-corrected chi connectivity index (χ0v) is 33.6. The van der Waals surface area contributed by atoms with E-state index >= 15 is 0 Å². The van der Waals surface area contributed by atoms with Crippen molar-refractivity contribution < 1.29 is 25.8 Å². The summed E-state index contributed by atoms with van der Waals surface area (Å²) in [6.07, 6.45) is 1.05. The third-order valence-corrected chi connectivity index (χ3v) is 12.7. The summed E-state index contributed by atoms with van der Waals surface area (Å²) in [5, 5.41) is 6.35. The van der Waals surface area contributed by atoms with Gasteiger partial charge in [0, 0.05) is 25.9 Å². The number of pyridine rings is 2. The SMILES string of the molecule is CC(C)Cc1ccc2c(c1)sc1c(-c3[c-]c4sc5sc6ccccc6c5c4c(C(C)(C)C)c3)nc(Oc3cccc(-c4[c-]cccc4)n3)cc12.[Pt+2]. The molecule has 5 aromatic heterocycles. The quantitative estimate of drug-likeness (QED) is 0.156. The van der Waals surface area contributed by atoms with Gasteiger partial charge in [0.2, 0.25) is 11.8 Å². The molecule has 4 aromatic carbocycles. The molecule has 0 saturated carbocycles. The molecule has 0 N–H and O–H groups in total. The Labute approximate surface area is 324 Å². The van der Waals surface area contributed by atoms with Crippen LogP contribution in [-0.4, -0.2) is 9.97 Å². The number of thiophene rings is 3. The minimum absolute atomic E-state index is 0. The molecule has 0 radical (unpaired) electrons. The van der Waals surface area contributed by atoms with Gasteiger partial charge in [0.15, 0.2) is 0 Å². The molecule has 5 heterocycles. The van der Waals surface area contributed by atoms with Crippen molar-refractivity contribution in [2.45, 2.75) is 46.5 Å². The molecular weight excluding hydrogens is 864 g/mol. The van der Waals surface area contributed by atoms with E-state index in [0.29, 0.717) is 17.7 Å². The van der Waals surface area contributed by atoms with Crippen LogP contribution < -0.4 is 4.74 Å². The van der Waals surface area contributed by atoms with E-state index in [4.69, 9.17) is 14.7 Å². The van der Waals surface area contributed by atoms with Crippen LogP contribution >= 0.6 is 34.0 Å². The zero-order valence-electron chi connectivity index (χ0n) is 28.9. The number of nitrogens with zero attached hydrogens (tertiary/aromatic N) is 2. The van der Waals surface area contributed by atoms with Gasteiger partial charge in [-0.3, -0.25) is 9.97 Å². The summed E-state index contributed by atoms with van der Waals surface area (Å²) in [7, 11) is 0. The summed E-state index contributed by atoms with van der Waals surface area (Å²) >= 11 is 5.54. The van der Waals surface area contributed by atoms with Gasteiger partial charge in [0.05, 0.1) is 4.01 Å². The number of ether oxygens (including phenoxy) is 1. The van der Waals surface area contributed by atoms with E-state index in [9.17, 15) is 0 Å². The third-order valence-electron chi connectivity index (χ3n) is 9.16. The fourth-order valence-electron chi connectivity index (χ4n) is 6.94. The smallest absolute Gasteiger partial charge is 0.422 e. The average Bonchev–Trinajstić information content (AvgIpc) is 3.76. The number of rotatable bonds is 6. The van der Waals surface area contributed by atoms with Crippen LogP contribution in [0.3, 0.4) is 0 Å². The van der Waals surface area contributed by atoms with E-state index in [1.165, 1.54) is 50.8 Å². The van der Waals surface area contributed by atoms with Crippen molar-refractivity contribution >= 4 is 83.8 Å². The molecule has 254 valence electrons. The molecule has 9 aromatic rings. The summed E-state index contributed by atoms with van der Waals surface area (Å²) < 4.78 is 12.8. The molecule has 0 aliphatic carbocycles. The number of benzene rings is 4. The largest absolute Gasteiger partial charge is 2.00 e. The Hall–Kier alpha value is -3.93. The van der Waals surface area contributed by atoms with Crippen molar-refractivity contribution in [3.05, 3.63) is 120 Å². The van der Waals surface area contributed by atoms with E-state index in [-0.39, 0.29) is 26.5 Å².